The van der Waals surface area contributed by atoms with Crippen molar-refractivity contribution in [2.45, 2.75) is 39.7 Å². The quantitative estimate of drug-likeness (QED) is 0.539. The highest BCUT2D eigenvalue weighted by Gasteiger charge is 2.12. The van der Waals surface area contributed by atoms with E-state index in [4.69, 9.17) is 25.8 Å². The highest BCUT2D eigenvalue weighted by Crippen LogP contribution is 2.36. The number of benzene rings is 2. The van der Waals surface area contributed by atoms with Crippen LogP contribution >= 0.6 is 11.6 Å². The Morgan fingerprint density at radius 1 is 1.14 bits per heavy atom. The lowest BCUT2D eigenvalue weighted by atomic mass is 10.2. The topological polar surface area (TPSA) is 56.8 Å². The summed E-state index contributed by atoms with van der Waals surface area (Å²) in [6.45, 7) is 5.41. The van der Waals surface area contributed by atoms with Crippen molar-refractivity contribution in [2.24, 2.45) is 0 Å². The van der Waals surface area contributed by atoms with E-state index >= 15 is 0 Å². The fourth-order valence-electron chi connectivity index (χ4n) is 2.73. The van der Waals surface area contributed by atoms with Gasteiger partial charge < -0.3 is 19.5 Å². The molecule has 5 nitrogen and oxygen atoms in total. The SMILES string of the molecule is CCOc1c(Cl)cc(CNC(=O)CCCCOc2cccc(C)c2)cc1OC. The molecule has 0 atom stereocenters. The highest BCUT2D eigenvalue weighted by atomic mass is 35.5. The van der Waals surface area contributed by atoms with Crippen molar-refractivity contribution < 1.29 is 19.0 Å². The van der Waals surface area contributed by atoms with Crippen molar-refractivity contribution in [1.29, 1.82) is 0 Å². The Morgan fingerprint density at radius 2 is 1.96 bits per heavy atom. The molecule has 0 saturated heterocycles. The van der Waals surface area contributed by atoms with Crippen LogP contribution in [0.4, 0.5) is 0 Å². The maximum absolute atomic E-state index is 12.1. The number of carbonyl (C=O) groups excluding carboxylic acids is 1. The van der Waals surface area contributed by atoms with E-state index in [2.05, 4.69) is 5.32 Å². The highest BCUT2D eigenvalue weighted by molar-refractivity contribution is 6.32. The van der Waals surface area contributed by atoms with Gasteiger partial charge in [0.1, 0.15) is 5.75 Å². The Hall–Kier alpha value is -2.40. The van der Waals surface area contributed by atoms with Gasteiger partial charge >= 0.3 is 0 Å². The zero-order valence-electron chi connectivity index (χ0n) is 16.7. The Morgan fingerprint density at radius 3 is 2.68 bits per heavy atom. The van der Waals surface area contributed by atoms with Crippen LogP contribution in [0.25, 0.3) is 0 Å². The molecule has 1 N–H and O–H groups in total. The second-order valence-electron chi connectivity index (χ2n) is 6.44. The molecule has 6 heteroatoms. The number of hydrogen-bond acceptors (Lipinski definition) is 4. The van der Waals surface area contributed by atoms with Crippen molar-refractivity contribution in [3.63, 3.8) is 0 Å². The number of amides is 1. The first-order chi connectivity index (χ1) is 13.5. The van der Waals surface area contributed by atoms with E-state index in [9.17, 15) is 4.79 Å². The second kappa shape index (κ2) is 11.4. The lowest BCUT2D eigenvalue weighted by Gasteiger charge is -2.13. The first kappa shape index (κ1) is 21.9. The monoisotopic (exact) mass is 405 g/mol. The molecule has 0 aliphatic heterocycles. The Kier molecular flexibility index (Phi) is 8.95. The van der Waals surface area contributed by atoms with Gasteiger partial charge in [0.05, 0.1) is 25.3 Å². The summed E-state index contributed by atoms with van der Waals surface area (Å²) in [7, 11) is 1.56. The van der Waals surface area contributed by atoms with E-state index in [1.807, 2.05) is 44.2 Å². The maximum Gasteiger partial charge on any atom is 0.220 e. The predicted molar refractivity (Wildman–Crippen MR) is 112 cm³/mol. The number of carbonyl (C=O) groups is 1. The number of halogens is 1. The maximum atomic E-state index is 12.1. The van der Waals surface area contributed by atoms with Gasteiger partial charge in [0, 0.05) is 13.0 Å². The molecule has 28 heavy (non-hydrogen) atoms. The molecule has 2 aromatic carbocycles. The van der Waals surface area contributed by atoms with Crippen LogP contribution < -0.4 is 19.5 Å². The van der Waals surface area contributed by atoms with Gasteiger partial charge in [-0.15, -0.1) is 0 Å². The van der Waals surface area contributed by atoms with Crippen LogP contribution in [0.15, 0.2) is 36.4 Å². The minimum atomic E-state index is -0.000436. The molecule has 2 aromatic rings. The van der Waals surface area contributed by atoms with Gasteiger partial charge in [-0.3, -0.25) is 4.79 Å². The molecule has 0 unspecified atom stereocenters. The lowest BCUT2D eigenvalue weighted by molar-refractivity contribution is -0.121. The van der Waals surface area contributed by atoms with Crippen LogP contribution in [0.1, 0.15) is 37.3 Å². The van der Waals surface area contributed by atoms with Crippen molar-refractivity contribution in [3.8, 4) is 17.2 Å². The van der Waals surface area contributed by atoms with Gasteiger partial charge in [-0.1, -0.05) is 23.7 Å². The molecule has 1 amide bonds. The fourth-order valence-corrected chi connectivity index (χ4v) is 3.02. The van der Waals surface area contributed by atoms with Crippen molar-refractivity contribution >= 4 is 17.5 Å². The van der Waals surface area contributed by atoms with Crippen LogP contribution in [-0.2, 0) is 11.3 Å². The molecule has 0 saturated carbocycles. The zero-order chi connectivity index (χ0) is 20.4. The molecular formula is C22H28ClNO4. The third-order valence-corrected chi connectivity index (χ3v) is 4.40. The number of aryl methyl sites for hydroxylation is 1. The predicted octanol–water partition coefficient (Wildman–Crippen LogP) is 4.92. The second-order valence-corrected chi connectivity index (χ2v) is 6.85. The summed E-state index contributed by atoms with van der Waals surface area (Å²) in [5.74, 6) is 1.95. The standard InChI is InChI=1S/C22H28ClNO4/c1-4-27-22-19(23)13-17(14-20(22)26-3)15-24-21(25)10-5-6-11-28-18-9-7-8-16(2)12-18/h7-9,12-14H,4-6,10-11,15H2,1-3H3,(H,24,25). The molecule has 0 heterocycles. The van der Waals surface area contributed by atoms with Crippen LogP contribution in [0.3, 0.4) is 0 Å². The van der Waals surface area contributed by atoms with Crippen LogP contribution in [0.2, 0.25) is 5.02 Å². The summed E-state index contributed by atoms with van der Waals surface area (Å²) in [6, 6.07) is 11.6. The average Bonchev–Trinajstić information content (AvgIpc) is 2.68. The Bertz CT molecular complexity index is 779. The van der Waals surface area contributed by atoms with Gasteiger partial charge in [0.2, 0.25) is 5.91 Å². The average molecular weight is 406 g/mol. The van der Waals surface area contributed by atoms with Gasteiger partial charge in [0.15, 0.2) is 11.5 Å². The van der Waals surface area contributed by atoms with E-state index in [1.165, 1.54) is 5.56 Å². The summed E-state index contributed by atoms with van der Waals surface area (Å²) < 4.78 is 16.5. The van der Waals surface area contributed by atoms with Gasteiger partial charge in [-0.05, 0) is 62.1 Å². The number of ether oxygens (including phenoxy) is 3. The van der Waals surface area contributed by atoms with Gasteiger partial charge in [-0.2, -0.15) is 0 Å². The number of unbranched alkanes of at least 4 members (excludes halogenated alkanes) is 1. The molecule has 0 bridgehead atoms. The molecule has 0 spiro atoms. The number of hydrogen-bond donors (Lipinski definition) is 1. The lowest BCUT2D eigenvalue weighted by Crippen LogP contribution is -2.22. The number of rotatable bonds is 11. The number of methoxy groups -OCH3 is 1. The minimum Gasteiger partial charge on any atom is -0.494 e. The summed E-state index contributed by atoms with van der Waals surface area (Å²) in [5, 5.41) is 3.38. The Labute approximate surface area is 171 Å². The summed E-state index contributed by atoms with van der Waals surface area (Å²) in [6.07, 6.45) is 2.05. The van der Waals surface area contributed by atoms with E-state index in [0.717, 1.165) is 24.2 Å². The third kappa shape index (κ3) is 6.97. The Balaban J connectivity index is 1.71. The van der Waals surface area contributed by atoms with Crippen LogP contribution in [-0.4, -0.2) is 26.2 Å². The largest absolute Gasteiger partial charge is 0.494 e. The van der Waals surface area contributed by atoms with E-state index < -0.39 is 0 Å². The summed E-state index contributed by atoms with van der Waals surface area (Å²) in [5.41, 5.74) is 2.03. The van der Waals surface area contributed by atoms with Crippen LogP contribution in [0.5, 0.6) is 17.2 Å². The summed E-state index contributed by atoms with van der Waals surface area (Å²) in [4.78, 5) is 12.1. The number of nitrogens with one attached hydrogen (secondary N) is 1. The molecule has 0 aliphatic carbocycles. The molecule has 2 rings (SSSR count). The third-order valence-electron chi connectivity index (χ3n) is 4.12. The van der Waals surface area contributed by atoms with Crippen molar-refractivity contribution in [3.05, 3.63) is 52.5 Å². The molecular weight excluding hydrogens is 378 g/mol. The van der Waals surface area contributed by atoms with Crippen LogP contribution in [0, 0.1) is 6.92 Å². The molecule has 0 aromatic heterocycles. The molecule has 0 aliphatic rings. The van der Waals surface area contributed by atoms with E-state index in [1.54, 1.807) is 13.2 Å². The molecule has 0 fully saturated rings. The smallest absolute Gasteiger partial charge is 0.220 e. The minimum absolute atomic E-state index is 0.000436. The molecule has 0 radical (unpaired) electrons. The zero-order valence-corrected chi connectivity index (χ0v) is 17.5. The van der Waals surface area contributed by atoms with Gasteiger partial charge in [-0.25, -0.2) is 0 Å². The summed E-state index contributed by atoms with van der Waals surface area (Å²) >= 11 is 6.25. The molecule has 152 valence electrons. The van der Waals surface area contributed by atoms with Crippen molar-refractivity contribution in [1.82, 2.24) is 5.32 Å². The van der Waals surface area contributed by atoms with E-state index in [-0.39, 0.29) is 5.91 Å². The van der Waals surface area contributed by atoms with Gasteiger partial charge in [0.25, 0.3) is 0 Å². The first-order valence-corrected chi connectivity index (χ1v) is 9.86. The normalized spacial score (nSPS) is 10.4. The van der Waals surface area contributed by atoms with Crippen molar-refractivity contribution in [2.75, 3.05) is 20.3 Å². The fraction of sp³-hybridized carbons (Fsp3) is 0.409. The first-order valence-electron chi connectivity index (χ1n) is 9.48. The van der Waals surface area contributed by atoms with E-state index in [0.29, 0.717) is 42.7 Å².